The van der Waals surface area contributed by atoms with Crippen LogP contribution < -0.4 is 10.6 Å². The molecule has 2 fully saturated rings. The van der Waals surface area contributed by atoms with Gasteiger partial charge in [-0.25, -0.2) is 0 Å². The third kappa shape index (κ3) is 6.10. The molecule has 178 valence electrons. The summed E-state index contributed by atoms with van der Waals surface area (Å²) < 4.78 is 43.9. The highest BCUT2D eigenvalue weighted by Gasteiger charge is 2.38. The van der Waals surface area contributed by atoms with E-state index in [0.717, 1.165) is 50.9 Å². The van der Waals surface area contributed by atoms with Crippen molar-refractivity contribution in [3.8, 4) is 0 Å². The summed E-state index contributed by atoms with van der Waals surface area (Å²) in [5, 5.41) is 16.9. The van der Waals surface area contributed by atoms with Crippen molar-refractivity contribution < 1.29 is 27.6 Å². The number of carbonyl (C=O) groups excluding carboxylic acids is 1. The van der Waals surface area contributed by atoms with E-state index >= 15 is 0 Å². The minimum Gasteiger partial charge on any atom is -0.379 e. The first kappa shape index (κ1) is 24.2. The standard InChI is InChI=1S/C21H29F3N4O4/c22-21(23,24)16-4-5-17(18(14-16)28(30)31)25-9-6-19(29)26-15-20(7-2-1-3-8-20)27-10-12-32-13-11-27/h4-5,14,25H,1-3,6-13,15H2,(H,26,29). The van der Waals surface area contributed by atoms with E-state index in [1.54, 1.807) is 0 Å². The molecule has 1 saturated carbocycles. The minimum absolute atomic E-state index is 0.0483. The Morgan fingerprint density at radius 3 is 2.50 bits per heavy atom. The first-order chi connectivity index (χ1) is 15.2. The molecule has 0 unspecified atom stereocenters. The van der Waals surface area contributed by atoms with Crippen LogP contribution in [0.25, 0.3) is 0 Å². The lowest BCUT2D eigenvalue weighted by molar-refractivity contribution is -0.384. The smallest absolute Gasteiger partial charge is 0.379 e. The third-order valence-corrected chi connectivity index (χ3v) is 6.27. The van der Waals surface area contributed by atoms with E-state index in [4.69, 9.17) is 4.74 Å². The number of nitro groups is 1. The second kappa shape index (κ2) is 10.5. The molecule has 0 spiro atoms. The van der Waals surface area contributed by atoms with Gasteiger partial charge < -0.3 is 15.4 Å². The molecular weight excluding hydrogens is 429 g/mol. The molecule has 0 bridgehead atoms. The maximum atomic E-state index is 12.8. The predicted molar refractivity (Wildman–Crippen MR) is 112 cm³/mol. The molecule has 32 heavy (non-hydrogen) atoms. The zero-order valence-corrected chi connectivity index (χ0v) is 17.9. The van der Waals surface area contributed by atoms with Crippen LogP contribution >= 0.6 is 0 Å². The first-order valence-corrected chi connectivity index (χ1v) is 10.9. The Morgan fingerprint density at radius 1 is 1.19 bits per heavy atom. The fraction of sp³-hybridized carbons (Fsp3) is 0.667. The lowest BCUT2D eigenvalue weighted by Crippen LogP contribution is -2.59. The van der Waals surface area contributed by atoms with Gasteiger partial charge in [0.2, 0.25) is 5.91 Å². The average molecular weight is 458 g/mol. The van der Waals surface area contributed by atoms with E-state index in [9.17, 15) is 28.1 Å². The Labute approximate surface area is 184 Å². The van der Waals surface area contributed by atoms with Gasteiger partial charge in [0.15, 0.2) is 0 Å². The summed E-state index contributed by atoms with van der Waals surface area (Å²) >= 11 is 0. The van der Waals surface area contributed by atoms with Crippen molar-refractivity contribution in [2.75, 3.05) is 44.7 Å². The van der Waals surface area contributed by atoms with E-state index in [2.05, 4.69) is 15.5 Å². The predicted octanol–water partition coefficient (Wildman–Crippen LogP) is 3.57. The van der Waals surface area contributed by atoms with Crippen LogP contribution in [0.3, 0.4) is 0 Å². The highest BCUT2D eigenvalue weighted by molar-refractivity contribution is 5.76. The van der Waals surface area contributed by atoms with Gasteiger partial charge in [0.05, 0.1) is 23.7 Å². The van der Waals surface area contributed by atoms with Crippen molar-refractivity contribution in [3.63, 3.8) is 0 Å². The Balaban J connectivity index is 1.54. The quantitative estimate of drug-likeness (QED) is 0.457. The fourth-order valence-electron chi connectivity index (χ4n) is 4.52. The Morgan fingerprint density at radius 2 is 1.88 bits per heavy atom. The van der Waals surface area contributed by atoms with Crippen molar-refractivity contribution >= 4 is 17.3 Å². The number of halogens is 3. The molecule has 0 aromatic heterocycles. The number of amides is 1. The molecular formula is C21H29F3N4O4. The lowest BCUT2D eigenvalue weighted by Gasteiger charge is -2.48. The molecule has 2 aliphatic rings. The number of hydrogen-bond donors (Lipinski definition) is 2. The summed E-state index contributed by atoms with van der Waals surface area (Å²) in [4.78, 5) is 25.1. The summed E-state index contributed by atoms with van der Waals surface area (Å²) in [6.45, 7) is 3.66. The topological polar surface area (TPSA) is 96.7 Å². The molecule has 2 N–H and O–H groups in total. The van der Waals surface area contributed by atoms with Crippen LogP contribution in [0.2, 0.25) is 0 Å². The highest BCUT2D eigenvalue weighted by Crippen LogP contribution is 2.35. The maximum absolute atomic E-state index is 12.8. The monoisotopic (exact) mass is 458 g/mol. The van der Waals surface area contributed by atoms with E-state index in [-0.39, 0.29) is 30.1 Å². The van der Waals surface area contributed by atoms with Crippen molar-refractivity contribution in [3.05, 3.63) is 33.9 Å². The summed E-state index contributed by atoms with van der Waals surface area (Å²) in [7, 11) is 0. The molecule has 3 rings (SSSR count). The SMILES string of the molecule is O=C(CCNc1ccc(C(F)(F)F)cc1[N+](=O)[O-])NCC1(N2CCOCC2)CCCCC1. The van der Waals surface area contributed by atoms with Crippen LogP contribution in [0.15, 0.2) is 18.2 Å². The molecule has 11 heteroatoms. The highest BCUT2D eigenvalue weighted by atomic mass is 19.4. The Kier molecular flexibility index (Phi) is 7.94. The summed E-state index contributed by atoms with van der Waals surface area (Å²) in [5.41, 5.74) is -1.88. The number of alkyl halides is 3. The number of carbonyl (C=O) groups is 1. The zero-order chi connectivity index (χ0) is 23.2. The normalized spacial score (nSPS) is 19.3. The molecule has 1 amide bonds. The van der Waals surface area contributed by atoms with Crippen LogP contribution in [0.1, 0.15) is 44.1 Å². The fourth-order valence-corrected chi connectivity index (χ4v) is 4.52. The molecule has 1 saturated heterocycles. The maximum Gasteiger partial charge on any atom is 0.416 e. The van der Waals surface area contributed by atoms with Crippen LogP contribution in [0.5, 0.6) is 0 Å². The van der Waals surface area contributed by atoms with E-state index in [1.807, 2.05) is 0 Å². The van der Waals surface area contributed by atoms with Gasteiger partial charge in [-0.2, -0.15) is 13.2 Å². The van der Waals surface area contributed by atoms with Crippen molar-refractivity contribution in [1.82, 2.24) is 10.2 Å². The number of nitrogens with one attached hydrogen (secondary N) is 2. The van der Waals surface area contributed by atoms with E-state index in [0.29, 0.717) is 25.8 Å². The molecule has 1 aliphatic carbocycles. The summed E-state index contributed by atoms with van der Waals surface area (Å²) in [6.07, 6.45) is 0.845. The second-order valence-corrected chi connectivity index (χ2v) is 8.32. The molecule has 1 heterocycles. The number of morpholine rings is 1. The molecule has 1 aromatic carbocycles. The molecule has 1 aliphatic heterocycles. The number of benzene rings is 1. The molecule has 0 atom stereocenters. The first-order valence-electron chi connectivity index (χ1n) is 10.9. The zero-order valence-electron chi connectivity index (χ0n) is 17.9. The van der Waals surface area contributed by atoms with Crippen molar-refractivity contribution in [1.29, 1.82) is 0 Å². The molecule has 8 nitrogen and oxygen atoms in total. The van der Waals surface area contributed by atoms with Crippen molar-refractivity contribution in [2.24, 2.45) is 0 Å². The summed E-state index contributed by atoms with van der Waals surface area (Å²) in [6, 6.07) is 2.30. The average Bonchev–Trinajstić information content (AvgIpc) is 2.78. The molecule has 1 aromatic rings. The van der Waals surface area contributed by atoms with Gasteiger partial charge in [0, 0.05) is 44.2 Å². The van der Waals surface area contributed by atoms with Crippen LogP contribution in [-0.4, -0.2) is 60.7 Å². The number of nitrogens with zero attached hydrogens (tertiary/aromatic N) is 2. The summed E-state index contributed by atoms with van der Waals surface area (Å²) in [5.74, 6) is -0.203. The van der Waals surface area contributed by atoms with Crippen LogP contribution in [-0.2, 0) is 15.7 Å². The Bertz CT molecular complexity index is 807. The largest absolute Gasteiger partial charge is 0.416 e. The third-order valence-electron chi connectivity index (χ3n) is 6.27. The number of nitro benzene ring substituents is 1. The number of anilines is 1. The number of ether oxygens (including phenoxy) is 1. The van der Waals surface area contributed by atoms with Gasteiger partial charge in [0.1, 0.15) is 5.69 Å². The van der Waals surface area contributed by atoms with E-state index in [1.165, 1.54) is 6.42 Å². The second-order valence-electron chi connectivity index (χ2n) is 8.32. The van der Waals surface area contributed by atoms with Gasteiger partial charge in [0.25, 0.3) is 5.69 Å². The van der Waals surface area contributed by atoms with Gasteiger partial charge in [-0.1, -0.05) is 19.3 Å². The van der Waals surface area contributed by atoms with Crippen LogP contribution in [0, 0.1) is 10.1 Å². The van der Waals surface area contributed by atoms with Gasteiger partial charge in [-0.05, 0) is 25.0 Å². The molecule has 0 radical (unpaired) electrons. The van der Waals surface area contributed by atoms with Gasteiger partial charge in [-0.15, -0.1) is 0 Å². The Hall–Kier alpha value is -2.40. The van der Waals surface area contributed by atoms with Gasteiger partial charge in [-0.3, -0.25) is 19.8 Å². The van der Waals surface area contributed by atoms with Crippen LogP contribution in [0.4, 0.5) is 24.5 Å². The minimum atomic E-state index is -4.67. The lowest BCUT2D eigenvalue weighted by atomic mass is 9.79. The van der Waals surface area contributed by atoms with Crippen molar-refractivity contribution in [2.45, 2.75) is 50.2 Å². The van der Waals surface area contributed by atoms with E-state index < -0.39 is 22.4 Å². The van der Waals surface area contributed by atoms with Gasteiger partial charge >= 0.3 is 6.18 Å². The number of hydrogen-bond acceptors (Lipinski definition) is 6. The number of rotatable bonds is 8.